The first kappa shape index (κ1) is 44.1. The fourth-order valence-corrected chi connectivity index (χ4v) is 10.4. The van der Waals surface area contributed by atoms with E-state index in [-0.39, 0.29) is 41.9 Å². The summed E-state index contributed by atoms with van der Waals surface area (Å²) in [5, 5.41) is 25.4. The molecule has 6 aromatic rings. The van der Waals surface area contributed by atoms with Gasteiger partial charge in [0.2, 0.25) is 11.8 Å². The lowest BCUT2D eigenvalue weighted by Crippen LogP contribution is -2.55. The number of benzene rings is 5. The first-order valence-corrected chi connectivity index (χ1v) is 22.7. The number of nitrogens with one attached hydrogen (secondary N) is 2. The highest BCUT2D eigenvalue weighted by Crippen LogP contribution is 2.42. The number of sulfonamides is 1. The molecule has 0 saturated carbocycles. The fraction of sp³-hybridized carbons (Fsp3) is 0.196. The van der Waals surface area contributed by atoms with Crippen LogP contribution in [-0.2, 0) is 50.4 Å². The Kier molecular flexibility index (Phi) is 12.9. The fourth-order valence-electron chi connectivity index (χ4n) is 7.32. The monoisotopic (exact) mass is 937 g/mol. The summed E-state index contributed by atoms with van der Waals surface area (Å²) in [5.74, 6) is -1.17. The van der Waals surface area contributed by atoms with Gasteiger partial charge in [0, 0.05) is 19.9 Å². The van der Waals surface area contributed by atoms with E-state index in [9.17, 15) is 27.9 Å². The maximum absolute atomic E-state index is 14.4. The molecule has 1 aromatic heterocycles. The van der Waals surface area contributed by atoms with Crippen LogP contribution in [0.2, 0.25) is 10.0 Å². The van der Waals surface area contributed by atoms with Crippen LogP contribution in [-0.4, -0.2) is 59.3 Å². The van der Waals surface area contributed by atoms with Crippen molar-refractivity contribution >= 4 is 67.5 Å². The van der Waals surface area contributed by atoms with Gasteiger partial charge in [0.15, 0.2) is 26.9 Å². The molecule has 0 spiro atoms. The predicted octanol–water partition coefficient (Wildman–Crippen LogP) is 7.97. The van der Waals surface area contributed by atoms with Gasteiger partial charge in [-0.2, -0.15) is 9.57 Å². The van der Waals surface area contributed by atoms with Crippen LogP contribution in [0.3, 0.4) is 0 Å². The maximum Gasteiger partial charge on any atom is 0.326 e. The summed E-state index contributed by atoms with van der Waals surface area (Å²) in [7, 11) is -4.45. The number of ether oxygens (including phenoxy) is 3. The molecule has 2 aliphatic rings. The number of aromatic nitrogens is 1. The van der Waals surface area contributed by atoms with Gasteiger partial charge >= 0.3 is 5.97 Å². The van der Waals surface area contributed by atoms with E-state index in [0.29, 0.717) is 49.5 Å². The average Bonchev–Trinajstić information content (AvgIpc) is 3.77. The number of carbonyl (C=O) groups is 3. The van der Waals surface area contributed by atoms with Crippen molar-refractivity contribution in [3.63, 3.8) is 0 Å². The highest BCUT2D eigenvalue weighted by molar-refractivity contribution is 7.91. The Hall–Kier alpha value is -6.48. The number of fused-ring (bicyclic) bond motifs is 2. The molecule has 0 radical (unpaired) electrons. The number of carboxylic acid groups (broad SMARTS) is 1. The van der Waals surface area contributed by atoms with E-state index < -0.39 is 46.0 Å². The minimum absolute atomic E-state index is 0.0531. The zero-order chi connectivity index (χ0) is 45.1. The number of carboxylic acids is 1. The Balaban J connectivity index is 1.01. The molecular formula is C46H37Cl2N5O9S2. The maximum atomic E-state index is 14.4. The molecule has 5 aromatic carbocycles. The van der Waals surface area contributed by atoms with Crippen LogP contribution in [0, 0.1) is 11.3 Å². The highest BCUT2D eigenvalue weighted by atomic mass is 35.5. The smallest absolute Gasteiger partial charge is 0.326 e. The summed E-state index contributed by atoms with van der Waals surface area (Å²) in [5.41, 5.74) is 5.67. The molecule has 3 N–H and O–H groups in total. The van der Waals surface area contributed by atoms with Crippen molar-refractivity contribution in [2.45, 2.75) is 55.3 Å². The van der Waals surface area contributed by atoms with E-state index in [1.807, 2.05) is 54.6 Å². The third-order valence-corrected chi connectivity index (χ3v) is 14.6. The summed E-state index contributed by atoms with van der Waals surface area (Å²) in [6, 6.07) is 29.5. The second-order valence-electron chi connectivity index (χ2n) is 15.0. The highest BCUT2D eigenvalue weighted by Gasteiger charge is 2.42. The minimum atomic E-state index is -4.45. The lowest BCUT2D eigenvalue weighted by atomic mass is 9.94. The summed E-state index contributed by atoms with van der Waals surface area (Å²) < 4.78 is 48.1. The first-order valence-electron chi connectivity index (χ1n) is 19.7. The van der Waals surface area contributed by atoms with Crippen molar-refractivity contribution < 1.29 is 42.1 Å². The van der Waals surface area contributed by atoms with Crippen LogP contribution in [0.4, 0.5) is 5.13 Å². The van der Waals surface area contributed by atoms with E-state index in [1.165, 1.54) is 6.92 Å². The van der Waals surface area contributed by atoms with Gasteiger partial charge in [0.25, 0.3) is 10.0 Å². The number of nitrogens with zero attached hydrogens (tertiary/aromatic N) is 3. The number of carbonyl (C=O) groups excluding carboxylic acids is 2. The predicted molar refractivity (Wildman–Crippen MR) is 239 cm³/mol. The summed E-state index contributed by atoms with van der Waals surface area (Å²) in [6.07, 6.45) is 0.387. The molecule has 2 amide bonds. The molecule has 0 bridgehead atoms. The largest absolute Gasteiger partial charge is 0.489 e. The van der Waals surface area contributed by atoms with Crippen molar-refractivity contribution in [2.24, 2.45) is 0 Å². The molecule has 64 heavy (non-hydrogen) atoms. The third kappa shape index (κ3) is 9.84. The van der Waals surface area contributed by atoms with Crippen molar-refractivity contribution in [1.82, 2.24) is 14.6 Å². The summed E-state index contributed by atoms with van der Waals surface area (Å²) in [6.45, 7) is 1.44. The van der Waals surface area contributed by atoms with Gasteiger partial charge in [-0.15, -0.1) is 0 Å². The molecule has 0 aliphatic carbocycles. The van der Waals surface area contributed by atoms with Gasteiger partial charge < -0.3 is 30.0 Å². The Morgan fingerprint density at radius 3 is 2.30 bits per heavy atom. The number of anilines is 1. The number of nitriles is 1. The molecule has 0 saturated heterocycles. The van der Waals surface area contributed by atoms with Crippen LogP contribution in [0.5, 0.6) is 17.2 Å². The van der Waals surface area contributed by atoms with Crippen LogP contribution in [0.15, 0.2) is 114 Å². The Morgan fingerprint density at radius 2 is 1.62 bits per heavy atom. The summed E-state index contributed by atoms with van der Waals surface area (Å²) in [4.78, 5) is 42.6. The zero-order valence-corrected chi connectivity index (χ0v) is 36.9. The Morgan fingerprint density at radius 1 is 0.938 bits per heavy atom. The van der Waals surface area contributed by atoms with Gasteiger partial charge in [0.05, 0.1) is 27.9 Å². The van der Waals surface area contributed by atoms with Crippen molar-refractivity contribution in [2.75, 3.05) is 11.9 Å². The van der Waals surface area contributed by atoms with E-state index in [1.54, 1.807) is 48.5 Å². The van der Waals surface area contributed by atoms with Crippen LogP contribution < -0.4 is 24.8 Å². The van der Waals surface area contributed by atoms with Gasteiger partial charge in [-0.1, -0.05) is 89.1 Å². The first-order chi connectivity index (χ1) is 30.7. The van der Waals surface area contributed by atoms with Gasteiger partial charge in [-0.3, -0.25) is 9.59 Å². The van der Waals surface area contributed by atoms with Crippen LogP contribution >= 0.6 is 34.5 Å². The lowest BCUT2D eigenvalue weighted by molar-refractivity contribution is -0.142. The number of halogens is 2. The molecule has 3 atom stereocenters. The minimum Gasteiger partial charge on any atom is -0.489 e. The van der Waals surface area contributed by atoms with Gasteiger partial charge in [0.1, 0.15) is 31.0 Å². The molecule has 14 nitrogen and oxygen atoms in total. The standard InChI is InChI=1S/C46H37Cl2N5O9S2/c1-26(54)51-46-50-22-43(63-46)64(58,59)53-23-34-20-41-40(61-25-42(62-41)32-11-13-35(14-12-32)60-24-29-6-15-36(47)37(48)16-29)19-33(34)18-39(53)44(55)52-38(45(56)57)17-27-2-7-30(8-3-27)31-9-4-28(21-49)5-10-31/h2-16,19-20,22,38-39,42H,17-18,23-25H2,1H3,(H,52,55)(H,56,57)(H,50,51,54). The number of amides is 2. The Bertz CT molecular complexity index is 2910. The quantitative estimate of drug-likeness (QED) is 0.102. The zero-order valence-electron chi connectivity index (χ0n) is 33.8. The van der Waals surface area contributed by atoms with Crippen molar-refractivity contribution in [3.8, 4) is 34.4 Å². The Labute approximate surface area is 382 Å². The number of hydrogen-bond donors (Lipinski definition) is 3. The molecule has 2 aliphatic heterocycles. The van der Waals surface area contributed by atoms with E-state index >= 15 is 0 Å². The lowest BCUT2D eigenvalue weighted by Gasteiger charge is -2.36. The molecule has 326 valence electrons. The third-order valence-electron chi connectivity index (χ3n) is 10.6. The van der Waals surface area contributed by atoms with E-state index in [2.05, 4.69) is 21.7 Å². The molecular weight excluding hydrogens is 902 g/mol. The van der Waals surface area contributed by atoms with Crippen LogP contribution in [0.1, 0.15) is 46.4 Å². The average molecular weight is 939 g/mol. The molecule has 0 fully saturated rings. The number of rotatable bonds is 13. The SMILES string of the molecule is CC(=O)Nc1ncc(S(=O)(=O)N2Cc3cc4c(cc3CC2C(=O)NC(Cc2ccc(-c3ccc(C#N)cc3)cc2)C(=O)O)OCC(c2ccc(OCc3ccc(Cl)c(Cl)c3)cc2)O4)s1. The van der Waals surface area contributed by atoms with Crippen molar-refractivity contribution in [1.29, 1.82) is 5.26 Å². The number of aliphatic carboxylic acids is 1. The summed E-state index contributed by atoms with van der Waals surface area (Å²) >= 11 is 12.9. The van der Waals surface area contributed by atoms with E-state index in [0.717, 1.165) is 44.1 Å². The normalized spacial score (nSPS) is 16.2. The molecule has 18 heteroatoms. The molecule has 3 unspecified atom stereocenters. The van der Waals surface area contributed by atoms with Crippen molar-refractivity contribution in [3.05, 3.63) is 153 Å². The molecule has 3 heterocycles. The van der Waals surface area contributed by atoms with Gasteiger partial charge in [-0.25, -0.2) is 18.2 Å². The number of hydrogen-bond acceptors (Lipinski definition) is 11. The van der Waals surface area contributed by atoms with E-state index in [4.69, 9.17) is 42.7 Å². The van der Waals surface area contributed by atoms with Gasteiger partial charge in [-0.05, 0) is 93.9 Å². The number of thiazole rings is 1. The second kappa shape index (κ2) is 18.7. The topological polar surface area (TPSA) is 197 Å². The molecule has 8 rings (SSSR count). The van der Waals surface area contributed by atoms with Crippen LogP contribution in [0.25, 0.3) is 11.1 Å². The second-order valence-corrected chi connectivity index (χ2v) is 19.0.